The van der Waals surface area contributed by atoms with Crippen molar-refractivity contribution in [2.24, 2.45) is 5.92 Å². The van der Waals surface area contributed by atoms with Crippen LogP contribution in [0.1, 0.15) is 30.1 Å². The van der Waals surface area contributed by atoms with E-state index >= 15 is 0 Å². The van der Waals surface area contributed by atoms with Crippen LogP contribution in [0.3, 0.4) is 0 Å². The van der Waals surface area contributed by atoms with E-state index in [4.69, 9.17) is 10.8 Å². The summed E-state index contributed by atoms with van der Waals surface area (Å²) in [6.45, 7) is 2.77. The minimum atomic E-state index is -0.144. The molecule has 0 aromatic heterocycles. The lowest BCUT2D eigenvalue weighted by molar-refractivity contribution is 0.0953. The van der Waals surface area contributed by atoms with Crippen molar-refractivity contribution in [2.45, 2.75) is 19.8 Å². The van der Waals surface area contributed by atoms with E-state index in [1.54, 1.807) is 0 Å². The number of amides is 1. The van der Waals surface area contributed by atoms with Crippen LogP contribution in [0.15, 0.2) is 36.4 Å². The summed E-state index contributed by atoms with van der Waals surface area (Å²) in [5.74, 6) is 0.127. The van der Waals surface area contributed by atoms with Crippen molar-refractivity contribution >= 4 is 22.4 Å². The number of carbonyl (C=O) groups is 1. The Bertz CT molecular complexity index is 625. The summed E-state index contributed by atoms with van der Waals surface area (Å²) < 4.78 is 0. The molecular weight excluding hydrogens is 264 g/mol. The van der Waals surface area contributed by atoms with Crippen molar-refractivity contribution in [1.82, 2.24) is 5.32 Å². The average Bonchev–Trinajstić information content (AvgIpc) is 2.50. The summed E-state index contributed by atoms with van der Waals surface area (Å²) in [6, 6.07) is 11.5. The first-order valence-electron chi connectivity index (χ1n) is 7.29. The lowest BCUT2D eigenvalue weighted by Gasteiger charge is -2.10. The number of carbonyl (C=O) groups excluding carboxylic acids is 1. The molecule has 4 N–H and O–H groups in total. The van der Waals surface area contributed by atoms with Gasteiger partial charge in [0.25, 0.3) is 5.91 Å². The van der Waals surface area contributed by atoms with Crippen molar-refractivity contribution < 1.29 is 9.90 Å². The largest absolute Gasteiger partial charge is 0.398 e. The zero-order valence-electron chi connectivity index (χ0n) is 12.3. The molecule has 1 unspecified atom stereocenters. The summed E-state index contributed by atoms with van der Waals surface area (Å²) in [5.41, 5.74) is 6.98. The van der Waals surface area contributed by atoms with Crippen LogP contribution < -0.4 is 11.1 Å². The molecule has 4 nitrogen and oxygen atoms in total. The summed E-state index contributed by atoms with van der Waals surface area (Å²) in [4.78, 5) is 12.2. The highest BCUT2D eigenvalue weighted by molar-refractivity contribution is 6.03. The number of hydrogen-bond acceptors (Lipinski definition) is 3. The van der Waals surface area contributed by atoms with Gasteiger partial charge in [-0.1, -0.05) is 31.2 Å². The van der Waals surface area contributed by atoms with Gasteiger partial charge < -0.3 is 16.2 Å². The third-order valence-electron chi connectivity index (χ3n) is 3.63. The van der Waals surface area contributed by atoms with Crippen LogP contribution in [0.2, 0.25) is 0 Å². The zero-order chi connectivity index (χ0) is 15.2. The summed E-state index contributed by atoms with van der Waals surface area (Å²) in [5, 5.41) is 13.9. The molecule has 4 heteroatoms. The van der Waals surface area contributed by atoms with Gasteiger partial charge in [0, 0.05) is 18.8 Å². The van der Waals surface area contributed by atoms with Crippen LogP contribution in [0.4, 0.5) is 5.69 Å². The first-order valence-corrected chi connectivity index (χ1v) is 7.29. The minimum absolute atomic E-state index is 0.144. The molecule has 0 radical (unpaired) electrons. The monoisotopic (exact) mass is 286 g/mol. The Hall–Kier alpha value is -2.07. The lowest BCUT2D eigenvalue weighted by Crippen LogP contribution is -2.25. The van der Waals surface area contributed by atoms with Gasteiger partial charge in [-0.2, -0.15) is 0 Å². The third kappa shape index (κ3) is 3.95. The molecular formula is C17H22N2O2. The predicted octanol–water partition coefficient (Wildman–Crippen LogP) is 2.56. The number of nitrogen functional groups attached to an aromatic ring is 1. The molecule has 2 aromatic rings. The van der Waals surface area contributed by atoms with E-state index in [1.807, 2.05) is 43.3 Å². The van der Waals surface area contributed by atoms with Crippen LogP contribution in [-0.2, 0) is 0 Å². The molecule has 0 bridgehead atoms. The van der Waals surface area contributed by atoms with Gasteiger partial charge in [0.1, 0.15) is 0 Å². The second-order valence-electron chi connectivity index (χ2n) is 5.47. The molecule has 0 saturated carbocycles. The van der Waals surface area contributed by atoms with E-state index in [-0.39, 0.29) is 18.4 Å². The van der Waals surface area contributed by atoms with Crippen LogP contribution in [0.25, 0.3) is 10.8 Å². The fourth-order valence-corrected chi connectivity index (χ4v) is 2.29. The standard InChI is InChI=1S/C17H22N2O2/c1-12(11-20)5-4-8-19-17(21)15-9-13-6-2-3-7-14(13)10-16(15)18/h2-3,6-7,9-10,12,20H,4-5,8,11,18H2,1H3,(H,19,21). The van der Waals surface area contributed by atoms with Crippen LogP contribution in [-0.4, -0.2) is 24.2 Å². The first kappa shape index (κ1) is 15.3. The van der Waals surface area contributed by atoms with E-state index in [9.17, 15) is 4.79 Å². The van der Waals surface area contributed by atoms with Gasteiger partial charge in [-0.3, -0.25) is 4.79 Å². The van der Waals surface area contributed by atoms with E-state index in [1.165, 1.54) is 0 Å². The number of anilines is 1. The Kier molecular flexibility index (Phi) is 5.17. The van der Waals surface area contributed by atoms with E-state index in [0.717, 1.165) is 23.6 Å². The Morgan fingerprint density at radius 1 is 1.29 bits per heavy atom. The second kappa shape index (κ2) is 7.09. The van der Waals surface area contributed by atoms with Gasteiger partial charge in [-0.05, 0) is 41.7 Å². The van der Waals surface area contributed by atoms with Crippen molar-refractivity contribution in [3.8, 4) is 0 Å². The van der Waals surface area contributed by atoms with Crippen molar-refractivity contribution in [3.63, 3.8) is 0 Å². The zero-order valence-corrected chi connectivity index (χ0v) is 12.3. The molecule has 1 amide bonds. The fraction of sp³-hybridized carbons (Fsp3) is 0.353. The minimum Gasteiger partial charge on any atom is -0.398 e. The Labute approximate surface area is 125 Å². The molecule has 0 aliphatic rings. The second-order valence-corrected chi connectivity index (χ2v) is 5.47. The molecule has 112 valence electrons. The van der Waals surface area contributed by atoms with E-state index in [2.05, 4.69) is 5.32 Å². The molecule has 2 aromatic carbocycles. The molecule has 0 heterocycles. The van der Waals surface area contributed by atoms with Gasteiger partial charge in [-0.25, -0.2) is 0 Å². The predicted molar refractivity (Wildman–Crippen MR) is 86.2 cm³/mol. The van der Waals surface area contributed by atoms with Crippen LogP contribution >= 0.6 is 0 Å². The topological polar surface area (TPSA) is 75.3 Å². The number of nitrogens with one attached hydrogen (secondary N) is 1. The van der Waals surface area contributed by atoms with Crippen LogP contribution in [0, 0.1) is 5.92 Å². The van der Waals surface area contributed by atoms with Crippen LogP contribution in [0.5, 0.6) is 0 Å². The molecule has 0 aliphatic heterocycles. The number of fused-ring (bicyclic) bond motifs is 1. The molecule has 0 spiro atoms. The van der Waals surface area contributed by atoms with Gasteiger partial charge in [0.15, 0.2) is 0 Å². The summed E-state index contributed by atoms with van der Waals surface area (Å²) in [6.07, 6.45) is 1.74. The Balaban J connectivity index is 2.00. The maximum Gasteiger partial charge on any atom is 0.253 e. The average molecular weight is 286 g/mol. The molecule has 0 saturated heterocycles. The highest BCUT2D eigenvalue weighted by atomic mass is 16.3. The van der Waals surface area contributed by atoms with Gasteiger partial charge >= 0.3 is 0 Å². The van der Waals surface area contributed by atoms with Gasteiger partial charge in [0.05, 0.1) is 5.56 Å². The molecule has 1 atom stereocenters. The molecule has 0 fully saturated rings. The first-order chi connectivity index (χ1) is 10.1. The van der Waals surface area contributed by atoms with Crippen molar-refractivity contribution in [3.05, 3.63) is 42.0 Å². The van der Waals surface area contributed by atoms with E-state index < -0.39 is 0 Å². The number of hydrogen-bond donors (Lipinski definition) is 3. The molecule has 21 heavy (non-hydrogen) atoms. The molecule has 0 aliphatic carbocycles. The SMILES string of the molecule is CC(CO)CCCNC(=O)c1cc2ccccc2cc1N. The fourth-order valence-electron chi connectivity index (χ4n) is 2.29. The third-order valence-corrected chi connectivity index (χ3v) is 3.63. The number of benzene rings is 2. The number of rotatable bonds is 6. The Morgan fingerprint density at radius 2 is 1.95 bits per heavy atom. The highest BCUT2D eigenvalue weighted by Gasteiger charge is 2.10. The number of nitrogens with two attached hydrogens (primary N) is 1. The van der Waals surface area contributed by atoms with Gasteiger partial charge in [0.2, 0.25) is 0 Å². The highest BCUT2D eigenvalue weighted by Crippen LogP contribution is 2.21. The number of aliphatic hydroxyl groups excluding tert-OH is 1. The smallest absolute Gasteiger partial charge is 0.253 e. The normalized spacial score (nSPS) is 12.3. The van der Waals surface area contributed by atoms with E-state index in [0.29, 0.717) is 17.8 Å². The van der Waals surface area contributed by atoms with Gasteiger partial charge in [-0.15, -0.1) is 0 Å². The maximum absolute atomic E-state index is 12.2. The summed E-state index contributed by atoms with van der Waals surface area (Å²) in [7, 11) is 0. The Morgan fingerprint density at radius 3 is 2.62 bits per heavy atom. The quantitative estimate of drug-likeness (QED) is 0.564. The van der Waals surface area contributed by atoms with Crippen molar-refractivity contribution in [2.75, 3.05) is 18.9 Å². The summed E-state index contributed by atoms with van der Waals surface area (Å²) >= 11 is 0. The van der Waals surface area contributed by atoms with Crippen molar-refractivity contribution in [1.29, 1.82) is 0 Å². The number of aliphatic hydroxyl groups is 1. The lowest BCUT2D eigenvalue weighted by atomic mass is 10.0. The maximum atomic E-state index is 12.2. The molecule has 2 rings (SSSR count).